The van der Waals surface area contributed by atoms with Gasteiger partial charge in [0.1, 0.15) is 6.33 Å². The monoisotopic (exact) mass is 224 g/mol. The van der Waals surface area contributed by atoms with Gasteiger partial charge in [0.15, 0.2) is 5.69 Å². The molecule has 2 rings (SSSR count). The zero-order chi connectivity index (χ0) is 11.0. The summed E-state index contributed by atoms with van der Waals surface area (Å²) in [4.78, 5) is 15.4. The molecular formula is C10H9ClN2O2. The highest BCUT2D eigenvalue weighted by atomic mass is 35.5. The van der Waals surface area contributed by atoms with Gasteiger partial charge < -0.3 is 9.14 Å². The molecule has 0 radical (unpaired) electrons. The Bertz CT molecular complexity index is 533. The maximum atomic E-state index is 11.4. The Balaban J connectivity index is 2.74. The highest BCUT2D eigenvalue weighted by Crippen LogP contribution is 2.19. The quantitative estimate of drug-likeness (QED) is 0.697. The first kappa shape index (κ1) is 9.98. The molecule has 0 atom stereocenters. The van der Waals surface area contributed by atoms with Crippen molar-refractivity contribution >= 4 is 23.1 Å². The predicted molar refractivity (Wildman–Crippen MR) is 56.3 cm³/mol. The Hall–Kier alpha value is -1.55. The second kappa shape index (κ2) is 3.55. The Labute approximate surface area is 91.4 Å². The predicted octanol–water partition coefficient (Wildman–Crippen LogP) is 2.08. The van der Waals surface area contributed by atoms with Crippen molar-refractivity contribution in [2.24, 2.45) is 0 Å². The minimum atomic E-state index is -0.459. The summed E-state index contributed by atoms with van der Waals surface area (Å²) in [5, 5.41) is 0.575. The molecule has 2 heterocycles. The van der Waals surface area contributed by atoms with Crippen molar-refractivity contribution in [3.05, 3.63) is 34.9 Å². The third kappa shape index (κ3) is 1.57. The van der Waals surface area contributed by atoms with Crippen molar-refractivity contribution in [3.63, 3.8) is 0 Å². The van der Waals surface area contributed by atoms with Crippen LogP contribution in [0.5, 0.6) is 0 Å². The Morgan fingerprint density at radius 3 is 2.93 bits per heavy atom. The fourth-order valence-electron chi connectivity index (χ4n) is 1.47. The number of carbonyl (C=O) groups excluding carboxylic acids is 1. The summed E-state index contributed by atoms with van der Waals surface area (Å²) < 4.78 is 6.41. The molecule has 0 unspecified atom stereocenters. The Morgan fingerprint density at radius 1 is 1.53 bits per heavy atom. The lowest BCUT2D eigenvalue weighted by Crippen LogP contribution is -2.02. The number of aromatic nitrogens is 2. The Morgan fingerprint density at radius 2 is 2.27 bits per heavy atom. The molecule has 0 N–H and O–H groups in total. The number of nitrogens with zero attached hydrogens (tertiary/aromatic N) is 2. The van der Waals surface area contributed by atoms with E-state index in [4.69, 9.17) is 11.6 Å². The smallest absolute Gasteiger partial charge is 0.358 e. The maximum Gasteiger partial charge on any atom is 0.358 e. The van der Waals surface area contributed by atoms with E-state index in [2.05, 4.69) is 9.72 Å². The third-order valence-corrected chi connectivity index (χ3v) is 2.40. The molecule has 4 nitrogen and oxygen atoms in total. The minimum Gasteiger partial charge on any atom is -0.464 e. The molecule has 0 saturated carbocycles. The van der Waals surface area contributed by atoms with Crippen LogP contribution in [0.2, 0.25) is 5.02 Å². The highest BCUT2D eigenvalue weighted by molar-refractivity contribution is 6.31. The number of esters is 1. The normalized spacial score (nSPS) is 10.6. The van der Waals surface area contributed by atoms with Gasteiger partial charge in [-0.15, -0.1) is 0 Å². The first-order valence-corrected chi connectivity index (χ1v) is 4.73. The van der Waals surface area contributed by atoms with Gasteiger partial charge in [-0.3, -0.25) is 0 Å². The van der Waals surface area contributed by atoms with E-state index in [0.29, 0.717) is 10.5 Å². The number of halogens is 1. The third-order valence-electron chi connectivity index (χ3n) is 2.18. The molecule has 0 aliphatic carbocycles. The zero-order valence-corrected chi connectivity index (χ0v) is 9.08. The molecule has 78 valence electrons. The van der Waals surface area contributed by atoms with Gasteiger partial charge in [-0.25, -0.2) is 9.78 Å². The number of fused-ring (bicyclic) bond motifs is 1. The van der Waals surface area contributed by atoms with Crippen LogP contribution >= 0.6 is 11.6 Å². The van der Waals surface area contributed by atoms with Crippen LogP contribution in [-0.2, 0) is 4.74 Å². The van der Waals surface area contributed by atoms with Gasteiger partial charge in [0.05, 0.1) is 12.6 Å². The second-order valence-electron chi connectivity index (χ2n) is 3.15. The van der Waals surface area contributed by atoms with Crippen molar-refractivity contribution in [1.29, 1.82) is 0 Å². The molecule has 2 aromatic heterocycles. The number of methoxy groups -OCH3 is 1. The van der Waals surface area contributed by atoms with Crippen LogP contribution in [0.25, 0.3) is 5.52 Å². The summed E-state index contributed by atoms with van der Waals surface area (Å²) in [6.45, 7) is 1.89. The average molecular weight is 225 g/mol. The highest BCUT2D eigenvalue weighted by Gasteiger charge is 2.14. The molecule has 0 saturated heterocycles. The topological polar surface area (TPSA) is 43.6 Å². The van der Waals surface area contributed by atoms with Gasteiger partial charge in [-0.2, -0.15) is 0 Å². The van der Waals surface area contributed by atoms with Crippen molar-refractivity contribution in [2.45, 2.75) is 6.92 Å². The lowest BCUT2D eigenvalue weighted by atomic mass is 10.3. The van der Waals surface area contributed by atoms with Crippen LogP contribution in [0.1, 0.15) is 16.2 Å². The van der Waals surface area contributed by atoms with E-state index in [1.807, 2.05) is 6.92 Å². The van der Waals surface area contributed by atoms with Crippen molar-refractivity contribution < 1.29 is 9.53 Å². The van der Waals surface area contributed by atoms with Crippen molar-refractivity contribution in [2.75, 3.05) is 7.11 Å². The molecule has 15 heavy (non-hydrogen) atoms. The molecule has 0 bridgehead atoms. The van der Waals surface area contributed by atoms with Crippen molar-refractivity contribution in [3.8, 4) is 0 Å². The summed E-state index contributed by atoms with van der Waals surface area (Å²) in [6.07, 6.45) is 1.58. The van der Waals surface area contributed by atoms with E-state index in [9.17, 15) is 4.79 Å². The van der Waals surface area contributed by atoms with Crippen LogP contribution < -0.4 is 0 Å². The van der Waals surface area contributed by atoms with Gasteiger partial charge in [-0.05, 0) is 19.1 Å². The SMILES string of the molecule is COC(=O)c1ncn2c(C)cc(Cl)cc12. The number of aryl methyl sites for hydroxylation is 1. The fourth-order valence-corrected chi connectivity index (χ4v) is 1.73. The summed E-state index contributed by atoms with van der Waals surface area (Å²) in [5.41, 5.74) is 1.86. The van der Waals surface area contributed by atoms with Crippen LogP contribution in [0, 0.1) is 6.92 Å². The molecule has 0 fully saturated rings. The van der Waals surface area contributed by atoms with Crippen LogP contribution in [0.3, 0.4) is 0 Å². The number of carbonyl (C=O) groups is 1. The summed E-state index contributed by atoms with van der Waals surface area (Å²) in [6, 6.07) is 3.49. The summed E-state index contributed by atoms with van der Waals surface area (Å²) in [5.74, 6) is -0.459. The number of ether oxygens (including phenoxy) is 1. The van der Waals surface area contributed by atoms with E-state index in [0.717, 1.165) is 5.69 Å². The standard InChI is InChI=1S/C10H9ClN2O2/c1-6-3-7(11)4-8-9(10(14)15-2)12-5-13(6)8/h3-5H,1-2H3. The number of pyridine rings is 1. The molecular weight excluding hydrogens is 216 g/mol. The van der Waals surface area contributed by atoms with E-state index in [-0.39, 0.29) is 5.69 Å². The summed E-state index contributed by atoms with van der Waals surface area (Å²) in [7, 11) is 1.32. The van der Waals surface area contributed by atoms with Crippen molar-refractivity contribution in [1.82, 2.24) is 9.38 Å². The number of hydrogen-bond donors (Lipinski definition) is 0. The number of rotatable bonds is 1. The first-order valence-electron chi connectivity index (χ1n) is 4.35. The number of imidazole rings is 1. The average Bonchev–Trinajstić information content (AvgIpc) is 2.60. The maximum absolute atomic E-state index is 11.4. The molecule has 2 aromatic rings. The second-order valence-corrected chi connectivity index (χ2v) is 3.59. The van der Waals surface area contributed by atoms with Gasteiger partial charge in [0.2, 0.25) is 0 Å². The van der Waals surface area contributed by atoms with Crippen LogP contribution in [-0.4, -0.2) is 22.5 Å². The van der Waals surface area contributed by atoms with E-state index in [1.54, 1.807) is 22.9 Å². The van der Waals surface area contributed by atoms with E-state index >= 15 is 0 Å². The molecule has 0 amide bonds. The van der Waals surface area contributed by atoms with Crippen LogP contribution in [0.15, 0.2) is 18.5 Å². The lowest BCUT2D eigenvalue weighted by Gasteiger charge is -2.01. The van der Waals surface area contributed by atoms with E-state index < -0.39 is 5.97 Å². The zero-order valence-electron chi connectivity index (χ0n) is 8.32. The van der Waals surface area contributed by atoms with Gasteiger partial charge in [-0.1, -0.05) is 11.6 Å². The fraction of sp³-hybridized carbons (Fsp3) is 0.200. The molecule has 5 heteroatoms. The van der Waals surface area contributed by atoms with Gasteiger partial charge in [0, 0.05) is 10.7 Å². The van der Waals surface area contributed by atoms with E-state index in [1.165, 1.54) is 7.11 Å². The lowest BCUT2D eigenvalue weighted by molar-refractivity contribution is 0.0597. The molecule has 0 aliphatic rings. The summed E-state index contributed by atoms with van der Waals surface area (Å²) >= 11 is 5.91. The molecule has 0 aliphatic heterocycles. The number of hydrogen-bond acceptors (Lipinski definition) is 3. The van der Waals surface area contributed by atoms with Crippen LogP contribution in [0.4, 0.5) is 0 Å². The van der Waals surface area contributed by atoms with Gasteiger partial charge >= 0.3 is 5.97 Å². The Kier molecular flexibility index (Phi) is 2.36. The van der Waals surface area contributed by atoms with Gasteiger partial charge in [0.25, 0.3) is 0 Å². The minimum absolute atomic E-state index is 0.281. The molecule has 0 aromatic carbocycles. The first-order chi connectivity index (χ1) is 7.13. The molecule has 0 spiro atoms. The largest absolute Gasteiger partial charge is 0.464 e.